The third-order valence-electron chi connectivity index (χ3n) is 5.81. The monoisotopic (exact) mass is 261 g/mol. The number of hydrogen-bond acceptors (Lipinski definition) is 2. The molecule has 1 aromatic heterocycles. The van der Waals surface area contributed by atoms with E-state index in [4.69, 9.17) is 0 Å². The fraction of sp³-hybridized carbons (Fsp3) is 0.750. The van der Waals surface area contributed by atoms with Gasteiger partial charge >= 0.3 is 0 Å². The van der Waals surface area contributed by atoms with Crippen molar-refractivity contribution in [2.24, 2.45) is 23.2 Å². The van der Waals surface area contributed by atoms with Crippen molar-refractivity contribution in [3.63, 3.8) is 0 Å². The first-order valence-electron chi connectivity index (χ1n) is 7.50. The van der Waals surface area contributed by atoms with E-state index >= 15 is 0 Å². The maximum absolute atomic E-state index is 3.67. The molecule has 1 heterocycles. The van der Waals surface area contributed by atoms with Crippen LogP contribution in [0.4, 0.5) is 0 Å². The average Bonchev–Trinajstić information content (AvgIpc) is 2.81. The third-order valence-corrected chi connectivity index (χ3v) is 6.75. The lowest BCUT2D eigenvalue weighted by molar-refractivity contribution is -0.0729. The average molecular weight is 261 g/mol. The van der Waals surface area contributed by atoms with Crippen molar-refractivity contribution in [1.29, 1.82) is 0 Å². The Kier molecular flexibility index (Phi) is 2.60. The van der Waals surface area contributed by atoms with Gasteiger partial charge in [-0.05, 0) is 80.2 Å². The zero-order valence-electron chi connectivity index (χ0n) is 11.2. The van der Waals surface area contributed by atoms with E-state index in [-0.39, 0.29) is 0 Å². The van der Waals surface area contributed by atoms with Crippen LogP contribution in [-0.4, -0.2) is 7.05 Å². The van der Waals surface area contributed by atoms with E-state index in [2.05, 4.69) is 29.9 Å². The van der Waals surface area contributed by atoms with Gasteiger partial charge in [0.05, 0.1) is 0 Å². The minimum atomic E-state index is 0.592. The molecule has 0 radical (unpaired) electrons. The summed E-state index contributed by atoms with van der Waals surface area (Å²) in [5.41, 5.74) is 0.592. The highest BCUT2D eigenvalue weighted by Crippen LogP contribution is 2.64. The van der Waals surface area contributed by atoms with Crippen LogP contribution in [0.5, 0.6) is 0 Å². The predicted octanol–water partition coefficient (Wildman–Crippen LogP) is 4.23. The highest BCUT2D eigenvalue weighted by Gasteiger charge is 2.54. The molecule has 98 valence electrons. The quantitative estimate of drug-likeness (QED) is 0.859. The second kappa shape index (κ2) is 4.08. The molecule has 0 aromatic carbocycles. The minimum absolute atomic E-state index is 0.592. The summed E-state index contributed by atoms with van der Waals surface area (Å²) in [6.07, 6.45) is 9.09. The molecule has 4 fully saturated rings. The molecular formula is C16H23NS. The summed E-state index contributed by atoms with van der Waals surface area (Å²) in [5.74, 6) is 3.14. The molecule has 0 amide bonds. The maximum atomic E-state index is 3.67. The van der Waals surface area contributed by atoms with Gasteiger partial charge in [0.25, 0.3) is 0 Å². The third kappa shape index (κ3) is 1.61. The molecule has 1 nitrogen and oxygen atoms in total. The van der Waals surface area contributed by atoms with Gasteiger partial charge in [0.1, 0.15) is 0 Å². The first-order valence-corrected chi connectivity index (χ1v) is 8.38. The smallest absolute Gasteiger partial charge is 0.0469 e. The molecule has 0 aliphatic heterocycles. The Labute approximate surface area is 114 Å². The summed E-state index contributed by atoms with van der Waals surface area (Å²) < 4.78 is 0. The number of thiophene rings is 1. The van der Waals surface area contributed by atoms with E-state index in [1.54, 1.807) is 24.1 Å². The summed E-state index contributed by atoms with van der Waals surface area (Å²) in [7, 11) is 2.17. The Morgan fingerprint density at radius 2 is 1.78 bits per heavy atom. The van der Waals surface area contributed by atoms with Crippen molar-refractivity contribution >= 4 is 11.3 Å². The SMILES string of the molecule is CNC(c1cccs1)C12CC3CC(CC(C3)C1)C2. The van der Waals surface area contributed by atoms with Crippen molar-refractivity contribution < 1.29 is 0 Å². The van der Waals surface area contributed by atoms with Crippen LogP contribution in [0.15, 0.2) is 17.5 Å². The zero-order chi connectivity index (χ0) is 12.2. The number of nitrogens with one attached hydrogen (secondary N) is 1. The van der Waals surface area contributed by atoms with Gasteiger partial charge in [0.2, 0.25) is 0 Å². The molecule has 1 aromatic rings. The van der Waals surface area contributed by atoms with Crippen molar-refractivity contribution in [2.45, 2.75) is 44.6 Å². The van der Waals surface area contributed by atoms with Crippen LogP contribution >= 0.6 is 11.3 Å². The van der Waals surface area contributed by atoms with Gasteiger partial charge in [-0.2, -0.15) is 0 Å². The van der Waals surface area contributed by atoms with Crippen LogP contribution in [0.25, 0.3) is 0 Å². The molecule has 4 bridgehead atoms. The second-order valence-electron chi connectivity index (χ2n) is 7.02. The van der Waals surface area contributed by atoms with Crippen LogP contribution in [0.1, 0.15) is 49.4 Å². The summed E-state index contributed by atoms with van der Waals surface area (Å²) in [4.78, 5) is 1.57. The highest BCUT2D eigenvalue weighted by molar-refractivity contribution is 7.10. The Morgan fingerprint density at radius 1 is 1.17 bits per heavy atom. The number of hydrogen-bond donors (Lipinski definition) is 1. The van der Waals surface area contributed by atoms with E-state index in [9.17, 15) is 0 Å². The molecular weight excluding hydrogens is 238 g/mol. The van der Waals surface area contributed by atoms with Crippen LogP contribution in [-0.2, 0) is 0 Å². The van der Waals surface area contributed by atoms with Crippen molar-refractivity contribution in [1.82, 2.24) is 5.32 Å². The largest absolute Gasteiger partial charge is 0.312 e. The molecule has 1 unspecified atom stereocenters. The van der Waals surface area contributed by atoms with E-state index in [1.807, 2.05) is 11.3 Å². The normalized spacial score (nSPS) is 43.3. The van der Waals surface area contributed by atoms with Crippen LogP contribution in [0, 0.1) is 23.2 Å². The Balaban J connectivity index is 1.70. The molecule has 1 atom stereocenters. The van der Waals surface area contributed by atoms with Crippen molar-refractivity contribution in [3.05, 3.63) is 22.4 Å². The number of rotatable bonds is 3. The minimum Gasteiger partial charge on any atom is -0.312 e. The fourth-order valence-electron chi connectivity index (χ4n) is 5.74. The van der Waals surface area contributed by atoms with Gasteiger partial charge < -0.3 is 5.32 Å². The molecule has 4 aliphatic carbocycles. The molecule has 0 saturated heterocycles. The first kappa shape index (κ1) is 11.5. The summed E-state index contributed by atoms with van der Waals surface area (Å²) in [6.45, 7) is 0. The Morgan fingerprint density at radius 3 is 2.22 bits per heavy atom. The van der Waals surface area contributed by atoms with Gasteiger partial charge in [-0.15, -0.1) is 11.3 Å². The van der Waals surface area contributed by atoms with E-state index in [1.165, 1.54) is 19.3 Å². The second-order valence-corrected chi connectivity index (χ2v) is 8.00. The molecule has 5 rings (SSSR count). The fourth-order valence-corrected chi connectivity index (χ4v) is 6.71. The Bertz CT molecular complexity index is 387. The van der Waals surface area contributed by atoms with Gasteiger partial charge in [-0.25, -0.2) is 0 Å². The lowest BCUT2D eigenvalue weighted by atomic mass is 9.47. The van der Waals surface area contributed by atoms with Crippen LogP contribution in [0.2, 0.25) is 0 Å². The molecule has 4 aliphatic rings. The van der Waals surface area contributed by atoms with Gasteiger partial charge in [0, 0.05) is 10.9 Å². The highest BCUT2D eigenvalue weighted by atomic mass is 32.1. The molecule has 2 heteroatoms. The maximum Gasteiger partial charge on any atom is 0.0469 e. The van der Waals surface area contributed by atoms with Crippen LogP contribution in [0.3, 0.4) is 0 Å². The lowest BCUT2D eigenvalue weighted by Gasteiger charge is -2.59. The topological polar surface area (TPSA) is 12.0 Å². The van der Waals surface area contributed by atoms with Gasteiger partial charge in [0.15, 0.2) is 0 Å². The van der Waals surface area contributed by atoms with E-state index in [0.29, 0.717) is 11.5 Å². The molecule has 0 spiro atoms. The first-order chi connectivity index (χ1) is 8.79. The lowest BCUT2D eigenvalue weighted by Crippen LogP contribution is -2.51. The zero-order valence-corrected chi connectivity index (χ0v) is 12.0. The predicted molar refractivity (Wildman–Crippen MR) is 76.7 cm³/mol. The molecule has 1 N–H and O–H groups in total. The van der Waals surface area contributed by atoms with E-state index < -0.39 is 0 Å². The van der Waals surface area contributed by atoms with Crippen molar-refractivity contribution in [3.8, 4) is 0 Å². The van der Waals surface area contributed by atoms with Gasteiger partial charge in [-0.1, -0.05) is 6.07 Å². The summed E-state index contributed by atoms with van der Waals surface area (Å²) >= 11 is 1.94. The summed E-state index contributed by atoms with van der Waals surface area (Å²) in [5, 5.41) is 5.91. The van der Waals surface area contributed by atoms with Gasteiger partial charge in [-0.3, -0.25) is 0 Å². The summed E-state index contributed by atoms with van der Waals surface area (Å²) in [6, 6.07) is 5.17. The Hall–Kier alpha value is -0.340. The molecule has 4 saturated carbocycles. The van der Waals surface area contributed by atoms with E-state index in [0.717, 1.165) is 17.8 Å². The van der Waals surface area contributed by atoms with Crippen LogP contribution < -0.4 is 5.32 Å². The van der Waals surface area contributed by atoms with Crippen molar-refractivity contribution in [2.75, 3.05) is 7.05 Å². The molecule has 18 heavy (non-hydrogen) atoms. The standard InChI is InChI=1S/C16H23NS/c1-17-15(14-3-2-4-18-14)16-8-11-5-12(9-16)7-13(6-11)10-16/h2-4,11-13,15,17H,5-10H2,1H3.